The lowest BCUT2D eigenvalue weighted by atomic mass is 9.98. The van der Waals surface area contributed by atoms with Crippen LogP contribution in [-0.4, -0.2) is 48.8 Å². The second-order valence-electron chi connectivity index (χ2n) is 6.01. The number of ether oxygens (including phenoxy) is 2. The average molecular weight is 298 g/mol. The van der Waals surface area contributed by atoms with Crippen molar-refractivity contribution in [3.05, 3.63) is 16.1 Å². The standard InChI is InChI=1S/C14H22N2O3S/c1-14(2,3)13-15-10(9-20-13)7-16-5-6-19-11(8-16)12(17)18-4/h9,11H,5-8H2,1-4H3. The third-order valence-corrected chi connectivity index (χ3v) is 4.51. The molecular weight excluding hydrogens is 276 g/mol. The molecule has 112 valence electrons. The van der Waals surface area contributed by atoms with E-state index in [4.69, 9.17) is 9.47 Å². The lowest BCUT2D eigenvalue weighted by Gasteiger charge is -2.30. The first-order valence-corrected chi connectivity index (χ1v) is 7.65. The minimum absolute atomic E-state index is 0.0858. The molecule has 20 heavy (non-hydrogen) atoms. The second kappa shape index (κ2) is 6.20. The Labute approximate surface area is 123 Å². The molecule has 1 fully saturated rings. The third-order valence-electron chi connectivity index (χ3n) is 3.19. The van der Waals surface area contributed by atoms with Crippen molar-refractivity contribution in [3.63, 3.8) is 0 Å². The number of hydrogen-bond donors (Lipinski definition) is 0. The molecule has 1 aromatic rings. The van der Waals surface area contributed by atoms with Crippen molar-refractivity contribution in [2.45, 2.75) is 38.8 Å². The predicted octanol–water partition coefficient (Wildman–Crippen LogP) is 1.81. The molecule has 1 aliphatic heterocycles. The van der Waals surface area contributed by atoms with Gasteiger partial charge in [0, 0.05) is 30.4 Å². The number of aromatic nitrogens is 1. The summed E-state index contributed by atoms with van der Waals surface area (Å²) in [4.78, 5) is 18.4. The molecule has 1 unspecified atom stereocenters. The van der Waals surface area contributed by atoms with Gasteiger partial charge in [-0.25, -0.2) is 9.78 Å². The highest BCUT2D eigenvalue weighted by atomic mass is 32.1. The van der Waals surface area contributed by atoms with Gasteiger partial charge in [-0.3, -0.25) is 4.90 Å². The molecule has 0 aliphatic carbocycles. The maximum Gasteiger partial charge on any atom is 0.336 e. The molecule has 2 rings (SSSR count). The quantitative estimate of drug-likeness (QED) is 0.797. The van der Waals surface area contributed by atoms with E-state index in [9.17, 15) is 4.79 Å². The molecular formula is C14H22N2O3S. The zero-order valence-electron chi connectivity index (χ0n) is 12.5. The summed E-state index contributed by atoms with van der Waals surface area (Å²) in [7, 11) is 1.39. The van der Waals surface area contributed by atoms with Gasteiger partial charge in [-0.15, -0.1) is 11.3 Å². The van der Waals surface area contributed by atoms with Crippen molar-refractivity contribution >= 4 is 17.3 Å². The summed E-state index contributed by atoms with van der Waals surface area (Å²) >= 11 is 1.70. The Bertz CT molecular complexity index is 467. The van der Waals surface area contributed by atoms with Gasteiger partial charge in [0.05, 0.1) is 24.4 Å². The molecule has 0 amide bonds. The lowest BCUT2D eigenvalue weighted by Crippen LogP contribution is -2.46. The summed E-state index contributed by atoms with van der Waals surface area (Å²) in [6, 6.07) is 0. The van der Waals surface area contributed by atoms with Gasteiger partial charge in [-0.1, -0.05) is 20.8 Å². The van der Waals surface area contributed by atoms with Crippen molar-refractivity contribution in [2.75, 3.05) is 26.8 Å². The van der Waals surface area contributed by atoms with E-state index >= 15 is 0 Å². The zero-order chi connectivity index (χ0) is 14.8. The summed E-state index contributed by atoms with van der Waals surface area (Å²) in [6.07, 6.45) is -0.477. The number of methoxy groups -OCH3 is 1. The van der Waals surface area contributed by atoms with Gasteiger partial charge in [0.15, 0.2) is 6.10 Å². The van der Waals surface area contributed by atoms with Gasteiger partial charge in [0.2, 0.25) is 0 Å². The Morgan fingerprint density at radius 3 is 2.95 bits per heavy atom. The Hall–Kier alpha value is -0.980. The van der Waals surface area contributed by atoms with Crippen LogP contribution in [0.15, 0.2) is 5.38 Å². The molecule has 1 saturated heterocycles. The Balaban J connectivity index is 1.96. The van der Waals surface area contributed by atoms with Crippen LogP contribution in [0.3, 0.4) is 0 Å². The minimum atomic E-state index is -0.477. The van der Waals surface area contributed by atoms with E-state index in [1.54, 1.807) is 11.3 Å². The summed E-state index contributed by atoms with van der Waals surface area (Å²) in [6.45, 7) is 9.18. The highest BCUT2D eigenvalue weighted by Gasteiger charge is 2.28. The second-order valence-corrected chi connectivity index (χ2v) is 6.87. The van der Waals surface area contributed by atoms with E-state index in [2.05, 4.69) is 36.0 Å². The fourth-order valence-corrected chi connectivity index (χ4v) is 2.97. The number of nitrogens with zero attached hydrogens (tertiary/aromatic N) is 2. The van der Waals surface area contributed by atoms with Crippen LogP contribution >= 0.6 is 11.3 Å². The molecule has 0 bridgehead atoms. The number of hydrogen-bond acceptors (Lipinski definition) is 6. The van der Waals surface area contributed by atoms with Crippen LogP contribution in [-0.2, 0) is 26.2 Å². The first-order valence-electron chi connectivity index (χ1n) is 6.77. The number of thiazole rings is 1. The maximum absolute atomic E-state index is 11.5. The number of carbonyl (C=O) groups is 1. The fourth-order valence-electron chi connectivity index (χ4n) is 2.07. The molecule has 6 heteroatoms. The monoisotopic (exact) mass is 298 g/mol. The summed E-state index contributed by atoms with van der Waals surface area (Å²) in [5.74, 6) is -0.302. The highest BCUT2D eigenvalue weighted by molar-refractivity contribution is 7.09. The molecule has 0 saturated carbocycles. The summed E-state index contributed by atoms with van der Waals surface area (Å²) in [5, 5.41) is 3.24. The van der Waals surface area contributed by atoms with Crippen LogP contribution in [0.25, 0.3) is 0 Å². The number of carbonyl (C=O) groups excluding carboxylic acids is 1. The summed E-state index contributed by atoms with van der Waals surface area (Å²) < 4.78 is 10.2. The lowest BCUT2D eigenvalue weighted by molar-refractivity contribution is -0.160. The fraction of sp³-hybridized carbons (Fsp3) is 0.714. The molecule has 1 aromatic heterocycles. The third kappa shape index (κ3) is 3.77. The SMILES string of the molecule is COC(=O)C1CN(Cc2csc(C(C)(C)C)n2)CCO1. The van der Waals surface area contributed by atoms with Crippen LogP contribution < -0.4 is 0 Å². The normalized spacial score (nSPS) is 20.9. The molecule has 0 radical (unpaired) electrons. The van der Waals surface area contributed by atoms with Crippen LogP contribution in [0.1, 0.15) is 31.5 Å². The molecule has 1 atom stereocenters. The Morgan fingerprint density at radius 1 is 1.60 bits per heavy atom. The zero-order valence-corrected chi connectivity index (χ0v) is 13.3. The van der Waals surface area contributed by atoms with E-state index in [0.29, 0.717) is 13.2 Å². The van der Waals surface area contributed by atoms with Crippen molar-refractivity contribution in [3.8, 4) is 0 Å². The largest absolute Gasteiger partial charge is 0.467 e. The van der Waals surface area contributed by atoms with Gasteiger partial charge in [-0.2, -0.15) is 0 Å². The van der Waals surface area contributed by atoms with Crippen molar-refractivity contribution < 1.29 is 14.3 Å². The van der Waals surface area contributed by atoms with Gasteiger partial charge < -0.3 is 9.47 Å². The molecule has 0 aromatic carbocycles. The van der Waals surface area contributed by atoms with Crippen molar-refractivity contribution in [1.82, 2.24) is 9.88 Å². The number of esters is 1. The van der Waals surface area contributed by atoms with Crippen molar-refractivity contribution in [2.24, 2.45) is 0 Å². The van der Waals surface area contributed by atoms with E-state index < -0.39 is 6.10 Å². The van der Waals surface area contributed by atoms with E-state index in [1.165, 1.54) is 7.11 Å². The van der Waals surface area contributed by atoms with Gasteiger partial charge in [0.25, 0.3) is 0 Å². The Morgan fingerprint density at radius 2 is 2.35 bits per heavy atom. The highest BCUT2D eigenvalue weighted by Crippen LogP contribution is 2.26. The molecule has 0 N–H and O–H groups in total. The van der Waals surface area contributed by atoms with E-state index in [0.717, 1.165) is 23.8 Å². The first kappa shape index (κ1) is 15.4. The molecule has 2 heterocycles. The van der Waals surface area contributed by atoms with Crippen LogP contribution in [0.5, 0.6) is 0 Å². The predicted molar refractivity (Wildman–Crippen MR) is 77.8 cm³/mol. The van der Waals surface area contributed by atoms with Crippen molar-refractivity contribution in [1.29, 1.82) is 0 Å². The van der Waals surface area contributed by atoms with E-state index in [1.807, 2.05) is 0 Å². The average Bonchev–Trinajstić information content (AvgIpc) is 2.86. The van der Waals surface area contributed by atoms with Gasteiger partial charge >= 0.3 is 5.97 Å². The molecule has 5 nitrogen and oxygen atoms in total. The number of morpholine rings is 1. The Kier molecular flexibility index (Phi) is 4.78. The summed E-state index contributed by atoms with van der Waals surface area (Å²) in [5.41, 5.74) is 1.15. The maximum atomic E-state index is 11.5. The first-order chi connectivity index (χ1) is 9.40. The molecule has 0 spiro atoms. The van der Waals surface area contributed by atoms with Gasteiger partial charge in [0.1, 0.15) is 0 Å². The smallest absolute Gasteiger partial charge is 0.336 e. The molecule has 1 aliphatic rings. The van der Waals surface area contributed by atoms with E-state index in [-0.39, 0.29) is 11.4 Å². The van der Waals surface area contributed by atoms with Gasteiger partial charge in [-0.05, 0) is 0 Å². The number of rotatable bonds is 3. The minimum Gasteiger partial charge on any atom is -0.467 e. The van der Waals surface area contributed by atoms with Crippen LogP contribution in [0.2, 0.25) is 0 Å². The van der Waals surface area contributed by atoms with Crippen LogP contribution in [0, 0.1) is 0 Å². The van der Waals surface area contributed by atoms with Crippen LogP contribution in [0.4, 0.5) is 0 Å². The topological polar surface area (TPSA) is 51.7 Å².